The van der Waals surface area contributed by atoms with Crippen molar-refractivity contribution in [2.24, 2.45) is 5.92 Å². The van der Waals surface area contributed by atoms with Crippen molar-refractivity contribution in [3.63, 3.8) is 0 Å². The normalized spacial score (nSPS) is 21.9. The number of carbonyl (C=O) groups is 1. The smallest absolute Gasteiger partial charge is 0.243 e. The maximum Gasteiger partial charge on any atom is 0.243 e. The lowest BCUT2D eigenvalue weighted by Crippen LogP contribution is -2.38. The number of benzene rings is 1. The molecule has 2 aliphatic heterocycles. The van der Waals surface area contributed by atoms with Crippen LogP contribution >= 0.6 is 0 Å². The van der Waals surface area contributed by atoms with E-state index in [1.165, 1.54) is 0 Å². The fourth-order valence-electron chi connectivity index (χ4n) is 4.02. The van der Waals surface area contributed by atoms with Gasteiger partial charge in [0.15, 0.2) is 0 Å². The molecule has 1 aliphatic carbocycles. The number of sulfonamides is 1. The van der Waals surface area contributed by atoms with Gasteiger partial charge < -0.3 is 15.0 Å². The van der Waals surface area contributed by atoms with Gasteiger partial charge in [0.1, 0.15) is 0 Å². The van der Waals surface area contributed by atoms with E-state index >= 15 is 0 Å². The summed E-state index contributed by atoms with van der Waals surface area (Å²) < 4.78 is 33.2. The predicted molar refractivity (Wildman–Crippen MR) is 108 cm³/mol. The molecule has 3 aliphatic rings. The van der Waals surface area contributed by atoms with Gasteiger partial charge in [-0.2, -0.15) is 4.31 Å². The Morgan fingerprint density at radius 1 is 1.00 bits per heavy atom. The molecule has 1 amide bonds. The van der Waals surface area contributed by atoms with Crippen LogP contribution in [0, 0.1) is 5.92 Å². The Bertz CT molecular complexity index is 811. The standard InChI is InChI=1S/C20H29N3O4S/c24-20(16-5-4-6-16)21-18-15-17(28(25,26)23-9-2-1-3-10-23)7-8-19(18)22-11-13-27-14-12-22/h7-8,15-16H,1-6,9-14H2,(H,21,24). The average Bonchev–Trinajstić information content (AvgIpc) is 2.68. The van der Waals surface area contributed by atoms with Crippen LogP contribution in [0.5, 0.6) is 0 Å². The molecule has 1 aromatic rings. The number of carbonyl (C=O) groups excluding carboxylic acids is 1. The lowest BCUT2D eigenvalue weighted by molar-refractivity contribution is -0.122. The highest BCUT2D eigenvalue weighted by Gasteiger charge is 2.29. The second kappa shape index (κ2) is 8.39. The molecule has 4 rings (SSSR count). The second-order valence-electron chi connectivity index (χ2n) is 7.86. The first-order chi connectivity index (χ1) is 13.6. The molecule has 0 radical (unpaired) electrons. The molecular weight excluding hydrogens is 378 g/mol. The van der Waals surface area contributed by atoms with Gasteiger partial charge in [0.05, 0.1) is 29.5 Å². The molecule has 0 aromatic heterocycles. The molecule has 1 aromatic carbocycles. The Kier molecular flexibility index (Phi) is 5.89. The quantitative estimate of drug-likeness (QED) is 0.811. The Labute approximate surface area is 167 Å². The molecule has 0 unspecified atom stereocenters. The predicted octanol–water partition coefficient (Wildman–Crippen LogP) is 2.44. The fraction of sp³-hybridized carbons (Fsp3) is 0.650. The highest BCUT2D eigenvalue weighted by atomic mass is 32.2. The number of nitrogens with one attached hydrogen (secondary N) is 1. The van der Waals surface area contributed by atoms with Crippen molar-refractivity contribution in [2.45, 2.75) is 43.4 Å². The van der Waals surface area contributed by atoms with Crippen molar-refractivity contribution >= 4 is 27.3 Å². The van der Waals surface area contributed by atoms with E-state index in [-0.39, 0.29) is 16.7 Å². The van der Waals surface area contributed by atoms with E-state index < -0.39 is 10.0 Å². The van der Waals surface area contributed by atoms with Gasteiger partial charge in [-0.15, -0.1) is 0 Å². The number of anilines is 2. The molecule has 154 valence electrons. The molecule has 8 heteroatoms. The van der Waals surface area contributed by atoms with E-state index in [0.717, 1.165) is 57.3 Å². The fourth-order valence-corrected chi connectivity index (χ4v) is 5.56. The van der Waals surface area contributed by atoms with Crippen molar-refractivity contribution in [1.29, 1.82) is 0 Å². The summed E-state index contributed by atoms with van der Waals surface area (Å²) in [5, 5.41) is 3.02. The Hall–Kier alpha value is -1.64. The molecule has 28 heavy (non-hydrogen) atoms. The molecule has 7 nitrogen and oxygen atoms in total. The minimum atomic E-state index is -3.54. The Balaban J connectivity index is 1.64. The maximum atomic E-state index is 13.1. The Morgan fingerprint density at radius 2 is 1.71 bits per heavy atom. The van der Waals surface area contributed by atoms with E-state index in [4.69, 9.17) is 4.74 Å². The lowest BCUT2D eigenvalue weighted by Gasteiger charge is -2.32. The molecule has 2 heterocycles. The maximum absolute atomic E-state index is 13.1. The van der Waals surface area contributed by atoms with Crippen molar-refractivity contribution < 1.29 is 17.9 Å². The van der Waals surface area contributed by atoms with Crippen LogP contribution in [-0.2, 0) is 19.6 Å². The lowest BCUT2D eigenvalue weighted by atomic mass is 9.85. The van der Waals surface area contributed by atoms with Gasteiger partial charge in [-0.3, -0.25) is 4.79 Å². The summed E-state index contributed by atoms with van der Waals surface area (Å²) in [4.78, 5) is 15.0. The summed E-state index contributed by atoms with van der Waals surface area (Å²) >= 11 is 0. The third kappa shape index (κ3) is 4.04. The Morgan fingerprint density at radius 3 is 2.36 bits per heavy atom. The molecule has 1 saturated carbocycles. The second-order valence-corrected chi connectivity index (χ2v) is 9.80. The number of ether oxygens (including phenoxy) is 1. The van der Waals surface area contributed by atoms with Crippen molar-refractivity contribution in [2.75, 3.05) is 49.6 Å². The molecule has 0 spiro atoms. The molecule has 0 atom stereocenters. The van der Waals surface area contributed by atoms with Gasteiger partial charge in [-0.25, -0.2) is 8.42 Å². The summed E-state index contributed by atoms with van der Waals surface area (Å²) in [5.74, 6) is 0.0353. The van der Waals surface area contributed by atoms with E-state index in [0.29, 0.717) is 32.0 Å². The van der Waals surface area contributed by atoms with Crippen LogP contribution in [0.25, 0.3) is 0 Å². The van der Waals surface area contributed by atoms with Gasteiger partial charge in [0, 0.05) is 32.1 Å². The summed E-state index contributed by atoms with van der Waals surface area (Å²) in [6, 6.07) is 5.15. The van der Waals surface area contributed by atoms with Crippen LogP contribution in [0.15, 0.2) is 23.1 Å². The monoisotopic (exact) mass is 407 g/mol. The van der Waals surface area contributed by atoms with Crippen LogP contribution in [-0.4, -0.2) is 58.0 Å². The number of hydrogen-bond donors (Lipinski definition) is 1. The SMILES string of the molecule is O=C(Nc1cc(S(=O)(=O)N2CCCCC2)ccc1N1CCOCC1)C1CCC1. The number of nitrogens with zero attached hydrogens (tertiary/aromatic N) is 2. The molecule has 3 fully saturated rings. The van der Waals surface area contributed by atoms with E-state index in [1.54, 1.807) is 16.4 Å². The van der Waals surface area contributed by atoms with E-state index in [1.807, 2.05) is 6.07 Å². The zero-order valence-electron chi connectivity index (χ0n) is 16.2. The first-order valence-electron chi connectivity index (χ1n) is 10.3. The van der Waals surface area contributed by atoms with Gasteiger partial charge in [0.2, 0.25) is 15.9 Å². The van der Waals surface area contributed by atoms with Crippen molar-refractivity contribution in [3.8, 4) is 0 Å². The van der Waals surface area contributed by atoms with Crippen LogP contribution in [0.3, 0.4) is 0 Å². The molecular formula is C20H29N3O4S. The number of piperidine rings is 1. The topological polar surface area (TPSA) is 79.0 Å². The summed E-state index contributed by atoms with van der Waals surface area (Å²) in [5.41, 5.74) is 1.46. The number of rotatable bonds is 5. The summed E-state index contributed by atoms with van der Waals surface area (Å²) in [6.07, 6.45) is 5.77. The first kappa shape index (κ1) is 19.7. The molecule has 1 N–H and O–H groups in total. The largest absolute Gasteiger partial charge is 0.378 e. The third-order valence-electron chi connectivity index (χ3n) is 6.01. The van der Waals surface area contributed by atoms with Crippen molar-refractivity contribution in [1.82, 2.24) is 4.31 Å². The highest BCUT2D eigenvalue weighted by molar-refractivity contribution is 7.89. The molecule has 0 bridgehead atoms. The zero-order valence-corrected chi connectivity index (χ0v) is 17.0. The van der Waals surface area contributed by atoms with Crippen molar-refractivity contribution in [3.05, 3.63) is 18.2 Å². The minimum Gasteiger partial charge on any atom is -0.378 e. The average molecular weight is 408 g/mol. The van der Waals surface area contributed by atoms with Crippen LogP contribution in [0.4, 0.5) is 11.4 Å². The van der Waals surface area contributed by atoms with Gasteiger partial charge in [0.25, 0.3) is 0 Å². The molecule has 2 saturated heterocycles. The minimum absolute atomic E-state index is 0.00622. The van der Waals surface area contributed by atoms with Crippen LogP contribution < -0.4 is 10.2 Å². The van der Waals surface area contributed by atoms with Gasteiger partial charge >= 0.3 is 0 Å². The van der Waals surface area contributed by atoms with E-state index in [9.17, 15) is 13.2 Å². The first-order valence-corrected chi connectivity index (χ1v) is 11.8. The number of hydrogen-bond acceptors (Lipinski definition) is 5. The third-order valence-corrected chi connectivity index (χ3v) is 7.90. The summed E-state index contributed by atoms with van der Waals surface area (Å²) in [6.45, 7) is 3.84. The summed E-state index contributed by atoms with van der Waals surface area (Å²) in [7, 11) is -3.54. The number of amides is 1. The van der Waals surface area contributed by atoms with E-state index in [2.05, 4.69) is 10.2 Å². The van der Waals surface area contributed by atoms with Gasteiger partial charge in [-0.1, -0.05) is 12.8 Å². The number of morpholine rings is 1. The van der Waals surface area contributed by atoms with Gasteiger partial charge in [-0.05, 0) is 43.9 Å². The van der Waals surface area contributed by atoms with Crippen LogP contribution in [0.2, 0.25) is 0 Å². The van der Waals surface area contributed by atoms with Crippen LogP contribution in [0.1, 0.15) is 38.5 Å². The zero-order chi connectivity index (χ0) is 19.6. The highest BCUT2D eigenvalue weighted by Crippen LogP contribution is 2.34.